The first kappa shape index (κ1) is 13.2. The van der Waals surface area contributed by atoms with Crippen molar-refractivity contribution in [1.82, 2.24) is 4.98 Å². The van der Waals surface area contributed by atoms with Crippen LogP contribution in [0.4, 0.5) is 11.4 Å². The zero-order valence-electron chi connectivity index (χ0n) is 12.2. The molecular weight excluding hydrogens is 278 g/mol. The number of nitrogen functional groups attached to an aromatic ring is 1. The lowest BCUT2D eigenvalue weighted by molar-refractivity contribution is 0.122. The molecule has 112 valence electrons. The normalized spacial score (nSPS) is 15.4. The van der Waals surface area contributed by atoms with E-state index in [4.69, 9.17) is 14.9 Å². The van der Waals surface area contributed by atoms with Gasteiger partial charge in [-0.15, -0.1) is 0 Å². The molecule has 1 aliphatic rings. The van der Waals surface area contributed by atoms with Crippen LogP contribution in [0, 0.1) is 0 Å². The van der Waals surface area contributed by atoms with E-state index in [0.717, 1.165) is 43.0 Å². The Balaban J connectivity index is 1.63. The van der Waals surface area contributed by atoms with Crippen molar-refractivity contribution < 1.29 is 9.15 Å². The van der Waals surface area contributed by atoms with Crippen LogP contribution in [-0.4, -0.2) is 31.3 Å². The van der Waals surface area contributed by atoms with Crippen LogP contribution in [0.1, 0.15) is 0 Å². The minimum atomic E-state index is 0.620. The molecule has 1 aromatic heterocycles. The smallest absolute Gasteiger partial charge is 0.227 e. The summed E-state index contributed by atoms with van der Waals surface area (Å²) in [6.07, 6.45) is 0. The van der Waals surface area contributed by atoms with Gasteiger partial charge < -0.3 is 19.8 Å². The number of benzene rings is 2. The fourth-order valence-corrected chi connectivity index (χ4v) is 2.70. The Hall–Kier alpha value is -2.53. The number of hydrogen-bond acceptors (Lipinski definition) is 5. The van der Waals surface area contributed by atoms with Crippen molar-refractivity contribution in [3.05, 3.63) is 42.5 Å². The maximum atomic E-state index is 5.79. The molecule has 2 heterocycles. The molecule has 0 unspecified atom stereocenters. The second-order valence-electron chi connectivity index (χ2n) is 5.39. The van der Waals surface area contributed by atoms with Crippen molar-refractivity contribution in [2.75, 3.05) is 36.9 Å². The third-order valence-corrected chi connectivity index (χ3v) is 3.90. The second-order valence-corrected chi connectivity index (χ2v) is 5.39. The van der Waals surface area contributed by atoms with E-state index in [-0.39, 0.29) is 0 Å². The van der Waals surface area contributed by atoms with E-state index >= 15 is 0 Å². The van der Waals surface area contributed by atoms with Gasteiger partial charge in [0.05, 0.1) is 13.2 Å². The molecule has 2 N–H and O–H groups in total. The minimum absolute atomic E-state index is 0.620. The Morgan fingerprint density at radius 1 is 1.00 bits per heavy atom. The fourth-order valence-electron chi connectivity index (χ4n) is 2.70. The molecular formula is C17H17N3O2. The van der Waals surface area contributed by atoms with Gasteiger partial charge in [0.25, 0.3) is 0 Å². The molecule has 0 aliphatic carbocycles. The molecule has 0 saturated carbocycles. The number of ether oxygens (including phenoxy) is 1. The zero-order valence-corrected chi connectivity index (χ0v) is 12.2. The molecule has 1 fully saturated rings. The van der Waals surface area contributed by atoms with E-state index in [1.54, 1.807) is 0 Å². The maximum absolute atomic E-state index is 5.79. The van der Waals surface area contributed by atoms with Gasteiger partial charge in [-0.05, 0) is 42.5 Å². The number of aromatic nitrogens is 1. The maximum Gasteiger partial charge on any atom is 0.227 e. The number of nitrogens with zero attached hydrogens (tertiary/aromatic N) is 2. The van der Waals surface area contributed by atoms with Crippen molar-refractivity contribution in [2.24, 2.45) is 0 Å². The molecule has 1 aliphatic heterocycles. The van der Waals surface area contributed by atoms with Gasteiger partial charge in [-0.3, -0.25) is 0 Å². The monoisotopic (exact) mass is 295 g/mol. The van der Waals surface area contributed by atoms with E-state index in [1.807, 2.05) is 30.3 Å². The Morgan fingerprint density at radius 3 is 2.55 bits per heavy atom. The molecule has 0 radical (unpaired) electrons. The quantitative estimate of drug-likeness (QED) is 0.736. The predicted octanol–water partition coefficient (Wildman–Crippen LogP) is 2.91. The average molecular weight is 295 g/mol. The highest BCUT2D eigenvalue weighted by Gasteiger charge is 2.12. The van der Waals surface area contributed by atoms with Crippen LogP contribution < -0.4 is 10.6 Å². The van der Waals surface area contributed by atoms with Crippen LogP contribution in [0.5, 0.6) is 0 Å². The van der Waals surface area contributed by atoms with Crippen LogP contribution in [0.2, 0.25) is 0 Å². The molecule has 4 rings (SSSR count). The Bertz CT molecular complexity index is 789. The summed E-state index contributed by atoms with van der Waals surface area (Å²) in [6, 6.07) is 13.8. The van der Waals surface area contributed by atoms with Gasteiger partial charge in [-0.1, -0.05) is 0 Å². The molecule has 3 aromatic rings. The summed E-state index contributed by atoms with van der Waals surface area (Å²) >= 11 is 0. The highest BCUT2D eigenvalue weighted by molar-refractivity contribution is 5.79. The Morgan fingerprint density at radius 2 is 1.77 bits per heavy atom. The van der Waals surface area contributed by atoms with Crippen molar-refractivity contribution >= 4 is 22.5 Å². The first-order valence-corrected chi connectivity index (χ1v) is 7.39. The van der Waals surface area contributed by atoms with Gasteiger partial charge in [0.1, 0.15) is 5.52 Å². The first-order valence-electron chi connectivity index (χ1n) is 7.39. The number of nitrogens with two attached hydrogens (primary N) is 1. The third-order valence-electron chi connectivity index (χ3n) is 3.90. The van der Waals surface area contributed by atoms with Crippen molar-refractivity contribution in [2.45, 2.75) is 0 Å². The number of oxazole rings is 1. The van der Waals surface area contributed by atoms with Crippen LogP contribution in [0.15, 0.2) is 46.9 Å². The van der Waals surface area contributed by atoms with E-state index in [1.165, 1.54) is 5.69 Å². The largest absolute Gasteiger partial charge is 0.436 e. The minimum Gasteiger partial charge on any atom is -0.436 e. The number of rotatable bonds is 2. The molecule has 1 saturated heterocycles. The molecule has 0 atom stereocenters. The molecule has 2 aromatic carbocycles. The Kier molecular flexibility index (Phi) is 3.20. The number of fused-ring (bicyclic) bond motifs is 1. The number of morpholine rings is 1. The topological polar surface area (TPSA) is 64.5 Å². The third kappa shape index (κ3) is 2.40. The Labute approximate surface area is 128 Å². The van der Waals surface area contributed by atoms with E-state index in [9.17, 15) is 0 Å². The second kappa shape index (κ2) is 5.35. The standard InChI is InChI=1S/C17H17N3O2/c18-13-3-6-16-15(11-13)19-17(22-16)12-1-4-14(5-2-12)20-7-9-21-10-8-20/h1-6,11H,7-10,18H2. The molecule has 5 heteroatoms. The van der Waals surface area contributed by atoms with Crippen LogP contribution in [-0.2, 0) is 4.74 Å². The summed E-state index contributed by atoms with van der Waals surface area (Å²) in [5.41, 5.74) is 10.2. The molecule has 22 heavy (non-hydrogen) atoms. The molecule has 0 amide bonds. The van der Waals surface area contributed by atoms with Gasteiger partial charge in [-0.2, -0.15) is 0 Å². The lowest BCUT2D eigenvalue weighted by Gasteiger charge is -2.28. The summed E-state index contributed by atoms with van der Waals surface area (Å²) in [6.45, 7) is 3.44. The SMILES string of the molecule is Nc1ccc2oc(-c3ccc(N4CCOCC4)cc3)nc2c1. The highest BCUT2D eigenvalue weighted by Crippen LogP contribution is 2.27. The van der Waals surface area contributed by atoms with Crippen molar-refractivity contribution in [1.29, 1.82) is 0 Å². The summed E-state index contributed by atoms with van der Waals surface area (Å²) in [7, 11) is 0. The van der Waals surface area contributed by atoms with Crippen LogP contribution >= 0.6 is 0 Å². The summed E-state index contributed by atoms with van der Waals surface area (Å²) < 4.78 is 11.2. The van der Waals surface area contributed by atoms with E-state index in [0.29, 0.717) is 11.6 Å². The van der Waals surface area contributed by atoms with Gasteiger partial charge in [0.15, 0.2) is 5.58 Å². The van der Waals surface area contributed by atoms with Gasteiger partial charge in [0, 0.05) is 30.0 Å². The summed E-state index contributed by atoms with van der Waals surface area (Å²) in [5, 5.41) is 0. The van der Waals surface area contributed by atoms with Gasteiger partial charge in [0.2, 0.25) is 5.89 Å². The fraction of sp³-hybridized carbons (Fsp3) is 0.235. The van der Waals surface area contributed by atoms with Gasteiger partial charge >= 0.3 is 0 Å². The van der Waals surface area contributed by atoms with E-state index < -0.39 is 0 Å². The average Bonchev–Trinajstić information content (AvgIpc) is 2.99. The molecule has 5 nitrogen and oxygen atoms in total. The summed E-state index contributed by atoms with van der Waals surface area (Å²) in [5.74, 6) is 0.620. The molecule has 0 bridgehead atoms. The van der Waals surface area contributed by atoms with Gasteiger partial charge in [-0.25, -0.2) is 4.98 Å². The van der Waals surface area contributed by atoms with E-state index in [2.05, 4.69) is 22.0 Å². The van der Waals surface area contributed by atoms with Crippen LogP contribution in [0.25, 0.3) is 22.6 Å². The zero-order chi connectivity index (χ0) is 14.9. The number of anilines is 2. The summed E-state index contributed by atoms with van der Waals surface area (Å²) in [4.78, 5) is 6.83. The molecule has 0 spiro atoms. The first-order chi connectivity index (χ1) is 10.8. The predicted molar refractivity (Wildman–Crippen MR) is 86.9 cm³/mol. The lowest BCUT2D eigenvalue weighted by Crippen LogP contribution is -2.36. The van der Waals surface area contributed by atoms with Crippen LogP contribution in [0.3, 0.4) is 0 Å². The highest BCUT2D eigenvalue weighted by atomic mass is 16.5. The van der Waals surface area contributed by atoms with Crippen molar-refractivity contribution in [3.8, 4) is 11.5 Å². The number of hydrogen-bond donors (Lipinski definition) is 1. The lowest BCUT2D eigenvalue weighted by atomic mass is 10.2. The van der Waals surface area contributed by atoms with Crippen molar-refractivity contribution in [3.63, 3.8) is 0 Å².